The molecule has 0 amide bonds. The number of halogens is 5. The van der Waals surface area contributed by atoms with Crippen LogP contribution in [-0.4, -0.2) is 79.3 Å². The number of carbonyl (C=O) groups excluding carboxylic acids is 2. The number of nitrogen functional groups attached to an aromatic ring is 1. The van der Waals surface area contributed by atoms with E-state index < -0.39 is 57.8 Å². The van der Waals surface area contributed by atoms with Crippen LogP contribution >= 0.6 is 20.1 Å². The number of nitrogens with one attached hydrogen (secondary N) is 2. The van der Waals surface area contributed by atoms with Gasteiger partial charge in [0.1, 0.15) is 18.1 Å². The number of alkyl halides is 4. The first-order valence-electron chi connectivity index (χ1n) is 11.9. The summed E-state index contributed by atoms with van der Waals surface area (Å²) in [6.07, 6.45) is -2.21. The Bertz CT molecular complexity index is 965. The number of aldehydes is 1. The van der Waals surface area contributed by atoms with Gasteiger partial charge >= 0.3 is 11.7 Å². The third-order valence-corrected chi connectivity index (χ3v) is 6.35. The third kappa shape index (κ3) is 14.1. The number of aromatic nitrogens is 2. The van der Waals surface area contributed by atoms with E-state index >= 15 is 0 Å². The van der Waals surface area contributed by atoms with Crippen LogP contribution in [0, 0.1) is 0 Å². The number of carbonyl (C=O) groups is 2. The van der Waals surface area contributed by atoms with E-state index in [0.29, 0.717) is 17.0 Å². The highest BCUT2D eigenvalue weighted by molar-refractivity contribution is 7.48. The lowest BCUT2D eigenvalue weighted by molar-refractivity contribution is -0.149. The summed E-state index contributed by atoms with van der Waals surface area (Å²) in [5, 5.41) is 5.39. The Labute approximate surface area is 236 Å². The summed E-state index contributed by atoms with van der Waals surface area (Å²) in [4.78, 5) is 38.1. The van der Waals surface area contributed by atoms with E-state index in [1.165, 1.54) is 6.92 Å². The Hall–Kier alpha value is -1.94. The molecule has 0 spiro atoms. The molecule has 12 nitrogen and oxygen atoms in total. The van der Waals surface area contributed by atoms with Crippen LogP contribution in [0.25, 0.3) is 0 Å². The predicted molar refractivity (Wildman–Crippen MR) is 141 cm³/mol. The molecule has 1 aliphatic rings. The Kier molecular flexibility index (Phi) is 18.3. The number of nitrogens with two attached hydrogens (primary N) is 1. The lowest BCUT2D eigenvalue weighted by atomic mass is 10.2. The van der Waals surface area contributed by atoms with Crippen molar-refractivity contribution < 1.29 is 45.9 Å². The molecule has 4 N–H and O–H groups in total. The number of hydrogen-bond acceptors (Lipinski definition) is 11. The number of anilines is 1. The fourth-order valence-electron chi connectivity index (χ4n) is 2.70. The average molecular weight is 626 g/mol. The van der Waals surface area contributed by atoms with E-state index in [9.17, 15) is 31.9 Å². The van der Waals surface area contributed by atoms with Crippen molar-refractivity contribution >= 4 is 38.1 Å². The van der Waals surface area contributed by atoms with Crippen LogP contribution in [0.1, 0.15) is 47.3 Å². The summed E-state index contributed by atoms with van der Waals surface area (Å²) in [5.41, 5.74) is 4.38. The molecule has 0 aromatic carbocycles. The fraction of sp³-hybridized carbons (Fsp3) is 0.727. The quantitative estimate of drug-likeness (QED) is 0.136. The van der Waals surface area contributed by atoms with Crippen molar-refractivity contribution in [3.05, 3.63) is 21.7 Å². The van der Waals surface area contributed by atoms with Gasteiger partial charge in [-0.25, -0.2) is 27.4 Å². The molecular formula is C22H37ClF4N5O7P. The van der Waals surface area contributed by atoms with Crippen LogP contribution in [0.5, 0.6) is 0 Å². The molecule has 40 heavy (non-hydrogen) atoms. The summed E-state index contributed by atoms with van der Waals surface area (Å²) in [7, 11) is -0.0710. The summed E-state index contributed by atoms with van der Waals surface area (Å²) < 4.78 is 69.7. The Morgan fingerprint density at radius 3 is 2.40 bits per heavy atom. The molecule has 0 radical (unpaired) electrons. The van der Waals surface area contributed by atoms with Crippen LogP contribution in [-0.2, 0) is 28.3 Å². The van der Waals surface area contributed by atoms with Gasteiger partial charge in [-0.05, 0) is 34.6 Å². The van der Waals surface area contributed by atoms with E-state index in [4.69, 9.17) is 36.1 Å². The minimum absolute atomic E-state index is 0.0973. The summed E-state index contributed by atoms with van der Waals surface area (Å²) in [6, 6.07) is -0.789. The zero-order valence-corrected chi connectivity index (χ0v) is 24.7. The number of rotatable bonds is 12. The van der Waals surface area contributed by atoms with E-state index in [1.807, 2.05) is 13.8 Å². The monoisotopic (exact) mass is 625 g/mol. The van der Waals surface area contributed by atoms with Crippen LogP contribution < -0.4 is 21.6 Å². The lowest BCUT2D eigenvalue weighted by Gasteiger charge is -2.24. The van der Waals surface area contributed by atoms with Gasteiger partial charge in [-0.2, -0.15) is 4.98 Å². The molecule has 1 aromatic rings. The molecule has 2 heterocycles. The van der Waals surface area contributed by atoms with Gasteiger partial charge in [-0.15, -0.1) is 0 Å². The van der Waals surface area contributed by atoms with Crippen molar-refractivity contribution in [3.63, 3.8) is 0 Å². The van der Waals surface area contributed by atoms with E-state index in [2.05, 4.69) is 15.2 Å². The van der Waals surface area contributed by atoms with Crippen molar-refractivity contribution in [1.29, 1.82) is 0 Å². The maximum absolute atomic E-state index is 14.5. The first-order chi connectivity index (χ1) is 18.6. The number of esters is 1. The number of ether oxygens (including phenoxy) is 3. The SMILES string of the molecule is CC(C)OC(=O)C(C)NP(NCC=O)OCC1CC(F)(F)C(n2cc(Cl)c(N)nc2=O)O1.COC(C)C.FCF. The van der Waals surface area contributed by atoms with Crippen molar-refractivity contribution in [2.45, 2.75) is 77.5 Å². The minimum atomic E-state index is -3.42. The van der Waals surface area contributed by atoms with E-state index in [0.717, 1.165) is 6.20 Å². The highest BCUT2D eigenvalue weighted by Gasteiger charge is 2.52. The molecule has 1 aromatic heterocycles. The van der Waals surface area contributed by atoms with Gasteiger partial charge in [0.25, 0.3) is 5.92 Å². The minimum Gasteiger partial charge on any atom is -0.462 e. The van der Waals surface area contributed by atoms with Gasteiger partial charge in [0.05, 0.1) is 36.5 Å². The predicted octanol–water partition coefficient (Wildman–Crippen LogP) is 3.29. The van der Waals surface area contributed by atoms with Crippen LogP contribution in [0.2, 0.25) is 5.02 Å². The molecule has 0 saturated carbocycles. The number of nitrogens with zero attached hydrogens (tertiary/aromatic N) is 2. The highest BCUT2D eigenvalue weighted by atomic mass is 35.5. The van der Waals surface area contributed by atoms with Crippen molar-refractivity contribution in [3.8, 4) is 0 Å². The molecule has 0 bridgehead atoms. The number of methoxy groups -OCH3 is 1. The normalized spacial score (nSPS) is 19.2. The molecule has 0 aliphatic carbocycles. The molecule has 18 heteroatoms. The second-order valence-corrected chi connectivity index (χ2v) is 10.4. The van der Waals surface area contributed by atoms with Gasteiger partial charge < -0.3 is 29.3 Å². The lowest BCUT2D eigenvalue weighted by Crippen LogP contribution is -2.37. The van der Waals surface area contributed by atoms with Gasteiger partial charge in [-0.1, -0.05) is 11.6 Å². The molecule has 1 aliphatic heterocycles. The van der Waals surface area contributed by atoms with E-state index in [1.54, 1.807) is 21.0 Å². The smallest absolute Gasteiger partial charge is 0.351 e. The zero-order valence-electron chi connectivity index (χ0n) is 23.0. The first-order valence-corrected chi connectivity index (χ1v) is 13.6. The molecule has 1 fully saturated rings. The average Bonchev–Trinajstić information content (AvgIpc) is 3.17. The van der Waals surface area contributed by atoms with Crippen molar-refractivity contribution in [2.24, 2.45) is 0 Å². The standard InChI is InChI=1S/C17H25ClF2N5O6P.C4H10O.CH2F2/c1-9(2)30-14(27)10(3)24-32(22-4-5-26)29-8-11-6-17(19,20)15(31-11)25-7-12(18)13(21)23-16(25)28;1-4(2)5-3;2-1-3/h5,7,9-11,15,22,24H,4,6,8H2,1-3H3,(H2,21,23,28);4H,1-3H3;1H2. The van der Waals surface area contributed by atoms with Gasteiger partial charge in [0.2, 0.25) is 13.2 Å². The molecule has 2 rings (SSSR count). The maximum Gasteiger partial charge on any atom is 0.351 e. The second-order valence-electron chi connectivity index (χ2n) is 8.58. The second kappa shape index (κ2) is 19.2. The van der Waals surface area contributed by atoms with Crippen LogP contribution in [0.4, 0.5) is 23.4 Å². The Balaban J connectivity index is 0.00000167. The van der Waals surface area contributed by atoms with Crippen LogP contribution in [0.3, 0.4) is 0 Å². The van der Waals surface area contributed by atoms with Gasteiger partial charge in [0.15, 0.2) is 8.45 Å². The van der Waals surface area contributed by atoms with Crippen molar-refractivity contribution in [1.82, 2.24) is 19.7 Å². The molecular weight excluding hydrogens is 589 g/mol. The summed E-state index contributed by atoms with van der Waals surface area (Å²) in [5.74, 6) is -4.24. The van der Waals surface area contributed by atoms with Crippen LogP contribution in [0.15, 0.2) is 11.0 Å². The molecule has 232 valence electrons. The largest absolute Gasteiger partial charge is 0.462 e. The van der Waals surface area contributed by atoms with Crippen molar-refractivity contribution in [2.75, 3.05) is 32.9 Å². The zero-order chi connectivity index (χ0) is 31.0. The first kappa shape index (κ1) is 38.1. The summed E-state index contributed by atoms with van der Waals surface area (Å²) in [6.45, 7) is 6.76. The molecule has 4 unspecified atom stereocenters. The topological polar surface area (TPSA) is 156 Å². The van der Waals surface area contributed by atoms with Gasteiger partial charge in [0, 0.05) is 19.7 Å². The summed E-state index contributed by atoms with van der Waals surface area (Å²) >= 11 is 5.80. The van der Waals surface area contributed by atoms with Gasteiger partial charge in [-0.3, -0.25) is 14.4 Å². The Morgan fingerprint density at radius 1 is 1.32 bits per heavy atom. The molecule has 1 saturated heterocycles. The van der Waals surface area contributed by atoms with E-state index in [-0.39, 0.29) is 30.1 Å². The maximum atomic E-state index is 14.5. The highest BCUT2D eigenvalue weighted by Crippen LogP contribution is 2.43. The molecule has 4 atom stereocenters. The third-order valence-electron chi connectivity index (χ3n) is 4.56. The Morgan fingerprint density at radius 2 is 1.90 bits per heavy atom. The fourth-order valence-corrected chi connectivity index (χ4v) is 4.11. The number of hydrogen-bond donors (Lipinski definition) is 3.